The van der Waals surface area contributed by atoms with Crippen molar-refractivity contribution >= 4 is 16.8 Å². The van der Waals surface area contributed by atoms with Crippen molar-refractivity contribution in [3.63, 3.8) is 0 Å². The number of hydrogen-bond acceptors (Lipinski definition) is 1. The van der Waals surface area contributed by atoms with E-state index in [1.165, 1.54) is 6.07 Å². The van der Waals surface area contributed by atoms with Crippen LogP contribution >= 0.6 is 11.6 Å². The summed E-state index contributed by atoms with van der Waals surface area (Å²) in [5.74, 6) is -1.41. The van der Waals surface area contributed by atoms with Gasteiger partial charge in [0.2, 0.25) is 5.24 Å². The Bertz CT molecular complexity index is 392. The van der Waals surface area contributed by atoms with Crippen LogP contribution in [0.15, 0.2) is 18.2 Å². The summed E-state index contributed by atoms with van der Waals surface area (Å²) < 4.78 is 26.1. The maximum Gasteiger partial charge on any atom is 0.232 e. The lowest BCUT2D eigenvalue weighted by molar-refractivity contribution is -0.116. The molecule has 0 radical (unpaired) electrons. The first-order valence-electron chi connectivity index (χ1n) is 4.57. The molecule has 0 saturated heterocycles. The van der Waals surface area contributed by atoms with Crippen LogP contribution in [0, 0.1) is 11.6 Å². The molecule has 0 aliphatic rings. The summed E-state index contributed by atoms with van der Waals surface area (Å²) in [6, 6.07) is 3.13. The van der Waals surface area contributed by atoms with Crippen molar-refractivity contribution in [1.82, 2.24) is 0 Å². The van der Waals surface area contributed by atoms with Crippen LogP contribution in [0.5, 0.6) is 0 Å². The second-order valence-corrected chi connectivity index (χ2v) is 3.93. The van der Waals surface area contributed by atoms with E-state index in [0.29, 0.717) is 6.42 Å². The highest BCUT2D eigenvalue weighted by molar-refractivity contribution is 6.65. The van der Waals surface area contributed by atoms with Crippen molar-refractivity contribution in [2.45, 2.75) is 25.7 Å². The first-order valence-corrected chi connectivity index (χ1v) is 4.95. The molecule has 0 spiro atoms. The molecule has 0 N–H and O–H groups in total. The highest BCUT2D eigenvalue weighted by Crippen LogP contribution is 2.32. The Hall–Kier alpha value is -0.960. The average Bonchev–Trinajstić information content (AvgIpc) is 2.16. The topological polar surface area (TPSA) is 17.1 Å². The minimum absolute atomic E-state index is 0.131. The molecule has 82 valence electrons. The van der Waals surface area contributed by atoms with Gasteiger partial charge in [0.15, 0.2) is 0 Å². The van der Waals surface area contributed by atoms with Crippen LogP contribution in [0.1, 0.15) is 25.8 Å². The van der Waals surface area contributed by atoms with Gasteiger partial charge in [0.1, 0.15) is 11.6 Å². The fourth-order valence-corrected chi connectivity index (χ4v) is 1.61. The molecule has 0 saturated carbocycles. The fourth-order valence-electron chi connectivity index (χ4n) is 1.37. The van der Waals surface area contributed by atoms with Gasteiger partial charge in [-0.05, 0) is 31.0 Å². The normalized spacial score (nSPS) is 14.7. The summed E-state index contributed by atoms with van der Waals surface area (Å²) >= 11 is 5.43. The average molecular weight is 233 g/mol. The Morgan fingerprint density at radius 3 is 2.47 bits per heavy atom. The number of hydrogen-bond donors (Lipinski definition) is 0. The van der Waals surface area contributed by atoms with Crippen LogP contribution in [0.25, 0.3) is 0 Å². The third-order valence-corrected chi connectivity index (χ3v) is 3.08. The Kier molecular flexibility index (Phi) is 3.45. The van der Waals surface area contributed by atoms with Gasteiger partial charge in [-0.3, -0.25) is 4.79 Å². The molecule has 1 unspecified atom stereocenters. The highest BCUT2D eigenvalue weighted by atomic mass is 35.5. The van der Waals surface area contributed by atoms with E-state index >= 15 is 0 Å². The predicted octanol–water partition coefficient (Wildman–Crippen LogP) is 3.40. The van der Waals surface area contributed by atoms with Gasteiger partial charge in [0.25, 0.3) is 0 Å². The fraction of sp³-hybridized carbons (Fsp3) is 0.364. The number of benzene rings is 1. The van der Waals surface area contributed by atoms with Crippen LogP contribution in [-0.2, 0) is 10.2 Å². The van der Waals surface area contributed by atoms with E-state index in [0.717, 1.165) is 12.1 Å². The van der Waals surface area contributed by atoms with Crippen molar-refractivity contribution in [3.8, 4) is 0 Å². The van der Waals surface area contributed by atoms with Gasteiger partial charge in [-0.2, -0.15) is 0 Å². The van der Waals surface area contributed by atoms with Crippen LogP contribution < -0.4 is 0 Å². The van der Waals surface area contributed by atoms with Crippen LogP contribution in [0.4, 0.5) is 8.78 Å². The minimum Gasteiger partial charge on any atom is -0.280 e. The van der Waals surface area contributed by atoms with E-state index in [1.807, 2.05) is 0 Å². The second kappa shape index (κ2) is 4.27. The Labute approximate surface area is 92.1 Å². The number of rotatable bonds is 3. The minimum atomic E-state index is -1.10. The Morgan fingerprint density at radius 1 is 1.47 bits per heavy atom. The lowest BCUT2D eigenvalue weighted by atomic mass is 9.81. The summed E-state index contributed by atoms with van der Waals surface area (Å²) in [5.41, 5.74) is -0.967. The van der Waals surface area contributed by atoms with Gasteiger partial charge in [-0.15, -0.1) is 0 Å². The molecule has 0 fully saturated rings. The zero-order valence-corrected chi connectivity index (χ0v) is 9.24. The van der Waals surface area contributed by atoms with Crippen molar-refractivity contribution in [3.05, 3.63) is 35.4 Å². The summed E-state index contributed by atoms with van der Waals surface area (Å²) in [6.07, 6.45) is 0.359. The van der Waals surface area contributed by atoms with Crippen LogP contribution in [0.3, 0.4) is 0 Å². The zero-order chi connectivity index (χ0) is 11.6. The van der Waals surface area contributed by atoms with Crippen LogP contribution in [0.2, 0.25) is 0 Å². The Balaban J connectivity index is 3.30. The number of carbonyl (C=O) groups excluding carboxylic acids is 1. The smallest absolute Gasteiger partial charge is 0.232 e. The molecule has 1 atom stereocenters. The molecular formula is C11H11ClF2O. The predicted molar refractivity (Wildman–Crippen MR) is 54.9 cm³/mol. The van der Waals surface area contributed by atoms with E-state index in [-0.39, 0.29) is 5.56 Å². The van der Waals surface area contributed by atoms with Gasteiger partial charge in [0.05, 0.1) is 5.41 Å². The molecule has 1 rings (SSSR count). The lowest BCUT2D eigenvalue weighted by Gasteiger charge is -2.24. The molecule has 1 aromatic rings. The SMILES string of the molecule is CCC(C)(C(=O)Cl)c1ccc(F)cc1F. The van der Waals surface area contributed by atoms with Crippen LogP contribution in [-0.4, -0.2) is 5.24 Å². The molecule has 1 nitrogen and oxygen atoms in total. The van der Waals surface area contributed by atoms with Crippen molar-refractivity contribution in [2.24, 2.45) is 0 Å². The Morgan fingerprint density at radius 2 is 2.07 bits per heavy atom. The standard InChI is InChI=1S/C11H11ClF2O/c1-3-11(2,10(12)15)8-5-4-7(13)6-9(8)14/h4-6H,3H2,1-2H3. The summed E-state index contributed by atoms with van der Waals surface area (Å²) in [5, 5.41) is -0.643. The molecule has 1 aromatic carbocycles. The largest absolute Gasteiger partial charge is 0.280 e. The molecule has 0 heterocycles. The summed E-state index contributed by atoms with van der Waals surface area (Å²) in [7, 11) is 0. The van der Waals surface area contributed by atoms with Gasteiger partial charge in [-0.25, -0.2) is 8.78 Å². The lowest BCUT2D eigenvalue weighted by Crippen LogP contribution is -2.29. The van der Waals surface area contributed by atoms with E-state index in [2.05, 4.69) is 0 Å². The molecule has 0 aromatic heterocycles. The maximum absolute atomic E-state index is 13.4. The molecule has 0 amide bonds. The zero-order valence-electron chi connectivity index (χ0n) is 8.48. The van der Waals surface area contributed by atoms with Gasteiger partial charge in [0, 0.05) is 11.6 Å². The van der Waals surface area contributed by atoms with E-state index in [4.69, 9.17) is 11.6 Å². The molecule has 0 bridgehead atoms. The molecule has 0 aliphatic heterocycles. The first-order chi connectivity index (χ1) is 6.91. The van der Waals surface area contributed by atoms with Crippen molar-refractivity contribution in [2.75, 3.05) is 0 Å². The molecule has 15 heavy (non-hydrogen) atoms. The monoisotopic (exact) mass is 232 g/mol. The first kappa shape index (κ1) is 12.1. The second-order valence-electron chi connectivity index (χ2n) is 3.58. The van der Waals surface area contributed by atoms with E-state index in [1.54, 1.807) is 13.8 Å². The highest BCUT2D eigenvalue weighted by Gasteiger charge is 2.34. The molecule has 4 heteroatoms. The van der Waals surface area contributed by atoms with E-state index in [9.17, 15) is 13.6 Å². The van der Waals surface area contributed by atoms with E-state index < -0.39 is 22.3 Å². The molecule has 0 aliphatic carbocycles. The number of carbonyl (C=O) groups is 1. The third-order valence-electron chi connectivity index (χ3n) is 2.67. The summed E-state index contributed by atoms with van der Waals surface area (Å²) in [4.78, 5) is 11.2. The van der Waals surface area contributed by atoms with Gasteiger partial charge >= 0.3 is 0 Å². The number of halogens is 3. The third kappa shape index (κ3) is 2.17. The quantitative estimate of drug-likeness (QED) is 0.730. The van der Waals surface area contributed by atoms with Crippen molar-refractivity contribution < 1.29 is 13.6 Å². The summed E-state index contributed by atoms with van der Waals surface area (Å²) in [6.45, 7) is 3.27. The van der Waals surface area contributed by atoms with Crippen molar-refractivity contribution in [1.29, 1.82) is 0 Å². The maximum atomic E-state index is 13.4. The molecular weight excluding hydrogens is 222 g/mol. The van der Waals surface area contributed by atoms with Gasteiger partial charge < -0.3 is 0 Å². The van der Waals surface area contributed by atoms with Gasteiger partial charge in [-0.1, -0.05) is 13.0 Å².